The molecule has 3 rings (SSSR count). The van der Waals surface area contributed by atoms with E-state index in [9.17, 15) is 29.1 Å². The van der Waals surface area contributed by atoms with Gasteiger partial charge in [0.2, 0.25) is 5.91 Å². The lowest BCUT2D eigenvalue weighted by molar-refractivity contribution is -0.145. The minimum absolute atomic E-state index is 0.0569. The number of ether oxygens (including phenoxy) is 2. The molecule has 1 aliphatic rings. The molecule has 196 valence electrons. The quantitative estimate of drug-likeness (QED) is 0.385. The molecule has 0 unspecified atom stereocenters. The van der Waals surface area contributed by atoms with Crippen molar-refractivity contribution in [2.45, 2.75) is 39.3 Å². The lowest BCUT2D eigenvalue weighted by Crippen LogP contribution is -2.52. The maximum Gasteiger partial charge on any atom is 0.415 e. The van der Waals surface area contributed by atoms with Gasteiger partial charge in [0, 0.05) is 19.5 Å². The molecule has 0 bridgehead atoms. The van der Waals surface area contributed by atoms with Gasteiger partial charge in [-0.2, -0.15) is 0 Å². The molecule has 1 aliphatic heterocycles. The summed E-state index contributed by atoms with van der Waals surface area (Å²) in [6.07, 6.45) is -0.694. The number of benzene rings is 2. The Bertz CT molecular complexity index is 1190. The number of rotatable bonds is 9. The fourth-order valence-electron chi connectivity index (χ4n) is 3.96. The molecular formula is C26H29N3O8. The van der Waals surface area contributed by atoms with Gasteiger partial charge < -0.3 is 24.8 Å². The SMILES string of the molecule is CCN(CC)C(=O)Oc1ccc(C[C@H](NC(=O)[C@H](C)N2C(=O)c3ccccc3C2=O)C(=O)OC)cc1O. The van der Waals surface area contributed by atoms with E-state index in [1.807, 2.05) is 0 Å². The van der Waals surface area contributed by atoms with E-state index >= 15 is 0 Å². The molecule has 2 aromatic rings. The molecule has 4 amide bonds. The number of phenols is 1. The molecule has 0 aliphatic carbocycles. The first kappa shape index (κ1) is 27.2. The predicted molar refractivity (Wildman–Crippen MR) is 131 cm³/mol. The summed E-state index contributed by atoms with van der Waals surface area (Å²) in [4.78, 5) is 65.3. The van der Waals surface area contributed by atoms with E-state index in [2.05, 4.69) is 5.32 Å². The standard InChI is InChI=1S/C26H29N3O8/c1-5-28(6-2)26(35)37-21-12-11-16(14-20(21)30)13-19(25(34)36-4)27-22(31)15(3)29-23(32)17-9-7-8-10-18(17)24(29)33/h7-12,14-15,19,30H,5-6,13H2,1-4H3,(H,27,31)/t15-,19-/m0/s1. The van der Waals surface area contributed by atoms with Crippen LogP contribution in [-0.4, -0.2) is 77.0 Å². The lowest BCUT2D eigenvalue weighted by atomic mass is 10.0. The number of hydrogen-bond acceptors (Lipinski definition) is 8. The minimum Gasteiger partial charge on any atom is -0.504 e. The van der Waals surface area contributed by atoms with Gasteiger partial charge in [0.25, 0.3) is 11.8 Å². The van der Waals surface area contributed by atoms with Crippen molar-refractivity contribution in [3.63, 3.8) is 0 Å². The van der Waals surface area contributed by atoms with E-state index in [0.29, 0.717) is 18.7 Å². The average Bonchev–Trinajstić information content (AvgIpc) is 3.14. The average molecular weight is 512 g/mol. The highest BCUT2D eigenvalue weighted by Crippen LogP contribution is 2.28. The number of imide groups is 1. The Morgan fingerprint density at radius 1 is 1.03 bits per heavy atom. The van der Waals surface area contributed by atoms with Gasteiger partial charge in [-0.1, -0.05) is 18.2 Å². The fraction of sp³-hybridized carbons (Fsp3) is 0.346. The van der Waals surface area contributed by atoms with Gasteiger partial charge in [-0.15, -0.1) is 0 Å². The molecule has 11 heteroatoms. The van der Waals surface area contributed by atoms with Crippen LogP contribution in [-0.2, 0) is 20.7 Å². The van der Waals surface area contributed by atoms with Crippen LogP contribution in [0.3, 0.4) is 0 Å². The summed E-state index contributed by atoms with van der Waals surface area (Å²) in [6.45, 7) is 5.85. The molecule has 0 aromatic heterocycles. The molecule has 0 spiro atoms. The van der Waals surface area contributed by atoms with Gasteiger partial charge in [0.15, 0.2) is 11.5 Å². The van der Waals surface area contributed by atoms with Crippen molar-refractivity contribution in [3.8, 4) is 11.5 Å². The number of esters is 1. The van der Waals surface area contributed by atoms with Crippen LogP contribution in [0.2, 0.25) is 0 Å². The molecule has 0 saturated carbocycles. The number of carbonyl (C=O) groups is 5. The molecule has 2 aromatic carbocycles. The second-order valence-electron chi connectivity index (χ2n) is 8.33. The van der Waals surface area contributed by atoms with Crippen LogP contribution in [0.15, 0.2) is 42.5 Å². The third-order valence-electron chi connectivity index (χ3n) is 6.08. The number of methoxy groups -OCH3 is 1. The van der Waals surface area contributed by atoms with Crippen molar-refractivity contribution in [1.82, 2.24) is 15.1 Å². The first-order chi connectivity index (χ1) is 17.6. The number of aromatic hydroxyl groups is 1. The summed E-state index contributed by atoms with van der Waals surface area (Å²) in [5, 5.41) is 12.9. The van der Waals surface area contributed by atoms with E-state index in [0.717, 1.165) is 12.0 Å². The highest BCUT2D eigenvalue weighted by molar-refractivity contribution is 6.22. The largest absolute Gasteiger partial charge is 0.504 e. The first-order valence-electron chi connectivity index (χ1n) is 11.8. The number of carbonyl (C=O) groups excluding carboxylic acids is 5. The van der Waals surface area contributed by atoms with Gasteiger partial charge >= 0.3 is 12.1 Å². The normalized spacial score (nSPS) is 14.0. The predicted octanol–water partition coefficient (Wildman–Crippen LogP) is 2.12. The van der Waals surface area contributed by atoms with E-state index in [4.69, 9.17) is 9.47 Å². The summed E-state index contributed by atoms with van der Waals surface area (Å²) < 4.78 is 10.0. The Kier molecular flexibility index (Phi) is 8.49. The Balaban J connectivity index is 1.72. The Labute approximate surface area is 213 Å². The van der Waals surface area contributed by atoms with Crippen molar-refractivity contribution in [3.05, 3.63) is 59.2 Å². The monoisotopic (exact) mass is 511 g/mol. The molecule has 0 saturated heterocycles. The molecule has 2 atom stereocenters. The highest BCUT2D eigenvalue weighted by Gasteiger charge is 2.41. The Morgan fingerprint density at radius 2 is 1.62 bits per heavy atom. The number of nitrogens with zero attached hydrogens (tertiary/aromatic N) is 2. The van der Waals surface area contributed by atoms with Crippen LogP contribution < -0.4 is 10.1 Å². The summed E-state index contributed by atoms with van der Waals surface area (Å²) in [5.74, 6) is -3.08. The zero-order chi connectivity index (χ0) is 27.3. The zero-order valence-electron chi connectivity index (χ0n) is 21.0. The van der Waals surface area contributed by atoms with Crippen LogP contribution in [0.25, 0.3) is 0 Å². The van der Waals surface area contributed by atoms with Gasteiger partial charge in [0.1, 0.15) is 12.1 Å². The molecule has 2 N–H and O–H groups in total. The van der Waals surface area contributed by atoms with Crippen LogP contribution in [0, 0.1) is 0 Å². The summed E-state index contributed by atoms with van der Waals surface area (Å²) in [6, 6.07) is 8.09. The molecule has 1 heterocycles. The molecule has 0 fully saturated rings. The number of fused-ring (bicyclic) bond motifs is 1. The second-order valence-corrected chi connectivity index (χ2v) is 8.33. The highest BCUT2D eigenvalue weighted by atomic mass is 16.6. The minimum atomic E-state index is -1.20. The molecule has 37 heavy (non-hydrogen) atoms. The van der Waals surface area contributed by atoms with Crippen molar-refractivity contribution < 1.29 is 38.6 Å². The van der Waals surface area contributed by atoms with Gasteiger partial charge in [-0.05, 0) is 50.6 Å². The van der Waals surface area contributed by atoms with E-state index in [-0.39, 0.29) is 29.0 Å². The zero-order valence-corrected chi connectivity index (χ0v) is 21.0. The summed E-state index contributed by atoms with van der Waals surface area (Å²) in [7, 11) is 1.16. The number of hydrogen-bond donors (Lipinski definition) is 2. The second kappa shape index (κ2) is 11.5. The maximum atomic E-state index is 13.0. The van der Waals surface area contributed by atoms with Crippen molar-refractivity contribution in [2.24, 2.45) is 0 Å². The van der Waals surface area contributed by atoms with Crippen molar-refractivity contribution in [2.75, 3.05) is 20.2 Å². The van der Waals surface area contributed by atoms with Gasteiger partial charge in [-0.25, -0.2) is 9.59 Å². The van der Waals surface area contributed by atoms with Gasteiger partial charge in [-0.3, -0.25) is 19.3 Å². The summed E-state index contributed by atoms with van der Waals surface area (Å²) >= 11 is 0. The van der Waals surface area contributed by atoms with Crippen molar-refractivity contribution >= 4 is 29.8 Å². The smallest absolute Gasteiger partial charge is 0.415 e. The maximum absolute atomic E-state index is 13.0. The van der Waals surface area contributed by atoms with Crippen LogP contribution in [0.5, 0.6) is 11.5 Å². The van der Waals surface area contributed by atoms with Gasteiger partial charge in [0.05, 0.1) is 18.2 Å². The van der Waals surface area contributed by atoms with E-state index < -0.39 is 41.9 Å². The summed E-state index contributed by atoms with van der Waals surface area (Å²) in [5.41, 5.74) is 0.840. The molecular weight excluding hydrogens is 482 g/mol. The number of nitrogens with one attached hydrogen (secondary N) is 1. The van der Waals surface area contributed by atoms with Crippen LogP contribution in [0.1, 0.15) is 47.1 Å². The number of phenolic OH excluding ortho intramolecular Hbond substituents is 1. The van der Waals surface area contributed by atoms with Crippen LogP contribution >= 0.6 is 0 Å². The lowest BCUT2D eigenvalue weighted by Gasteiger charge is -2.24. The van der Waals surface area contributed by atoms with E-state index in [1.54, 1.807) is 26.0 Å². The fourth-order valence-corrected chi connectivity index (χ4v) is 3.96. The third-order valence-corrected chi connectivity index (χ3v) is 6.08. The topological polar surface area (TPSA) is 143 Å². The number of amides is 4. The Hall–Kier alpha value is -4.41. The Morgan fingerprint density at radius 3 is 2.14 bits per heavy atom. The molecule has 0 radical (unpaired) electrons. The van der Waals surface area contributed by atoms with E-state index in [1.165, 1.54) is 42.2 Å². The van der Waals surface area contributed by atoms with Crippen LogP contribution in [0.4, 0.5) is 4.79 Å². The first-order valence-corrected chi connectivity index (χ1v) is 11.8. The third kappa shape index (κ3) is 5.71. The van der Waals surface area contributed by atoms with Crippen molar-refractivity contribution in [1.29, 1.82) is 0 Å². The molecule has 11 nitrogen and oxygen atoms in total.